The summed E-state index contributed by atoms with van der Waals surface area (Å²) < 4.78 is 2.40. The molecule has 0 saturated heterocycles. The fourth-order valence-corrected chi connectivity index (χ4v) is 10.6. The number of nitrogens with zero attached hydrogens (tertiary/aromatic N) is 2. The number of aromatic nitrogens is 1. The Morgan fingerprint density at radius 2 is 1.13 bits per heavy atom. The van der Waals surface area contributed by atoms with Crippen LogP contribution in [0.25, 0.3) is 60.5 Å². The summed E-state index contributed by atoms with van der Waals surface area (Å²) in [6.45, 7) is 0. The number of para-hydroxylation sites is 2. The maximum Gasteiger partial charge on any atom is 0.0677 e. The molecule has 2 nitrogen and oxygen atoms in total. The number of allylic oxidation sites excluding steroid dienone is 4. The van der Waals surface area contributed by atoms with Crippen LogP contribution in [-0.2, 0) is 5.41 Å². The van der Waals surface area contributed by atoms with Crippen molar-refractivity contribution in [3.63, 3.8) is 0 Å². The van der Waals surface area contributed by atoms with Gasteiger partial charge in [-0.2, -0.15) is 0 Å². The summed E-state index contributed by atoms with van der Waals surface area (Å²) in [5.74, 6) is 0. The van der Waals surface area contributed by atoms with Crippen LogP contribution in [0.4, 0.5) is 17.1 Å². The Bertz CT molecular complexity index is 3360. The molecule has 2 aliphatic rings. The summed E-state index contributed by atoms with van der Waals surface area (Å²) in [6, 6.07) is 78.6. The molecule has 10 aromatic rings. The highest BCUT2D eigenvalue weighted by Crippen LogP contribution is 2.59. The zero-order valence-corrected chi connectivity index (χ0v) is 33.7. The molecule has 61 heavy (non-hydrogen) atoms. The van der Waals surface area contributed by atoms with Gasteiger partial charge >= 0.3 is 0 Å². The number of fused-ring (bicyclic) bond motifs is 7. The summed E-state index contributed by atoms with van der Waals surface area (Å²) >= 11 is 0. The average molecular weight is 779 g/mol. The van der Waals surface area contributed by atoms with E-state index in [2.05, 4.69) is 240 Å². The van der Waals surface area contributed by atoms with Crippen LogP contribution in [0.3, 0.4) is 0 Å². The molecular formula is C59H42N2. The molecule has 0 bridgehead atoms. The fourth-order valence-electron chi connectivity index (χ4n) is 10.6. The van der Waals surface area contributed by atoms with Gasteiger partial charge in [-0.25, -0.2) is 0 Å². The minimum atomic E-state index is -0.446. The van der Waals surface area contributed by atoms with Crippen LogP contribution in [0.1, 0.15) is 29.5 Å². The SMILES string of the molecule is C1=CCCC(C2(c3ccccc3)c3ccccc3-c3ccc(N(c4ccc5c(c4)c4ccccc4n5-c4ccccc4)c4ccc5ccccc5c4-c4ccccc4)cc32)=C1. The van der Waals surface area contributed by atoms with Crippen molar-refractivity contribution in [1.29, 1.82) is 0 Å². The van der Waals surface area contributed by atoms with E-state index >= 15 is 0 Å². The average Bonchev–Trinajstić information content (AvgIpc) is 3.83. The molecule has 0 aliphatic heterocycles. The van der Waals surface area contributed by atoms with Gasteiger partial charge in [0.05, 0.1) is 22.1 Å². The van der Waals surface area contributed by atoms with E-state index in [-0.39, 0.29) is 0 Å². The number of rotatable bonds is 7. The lowest BCUT2D eigenvalue weighted by atomic mass is 9.65. The van der Waals surface area contributed by atoms with Crippen molar-refractivity contribution >= 4 is 49.6 Å². The molecule has 0 radical (unpaired) electrons. The summed E-state index contributed by atoms with van der Waals surface area (Å²) in [7, 11) is 0. The smallest absolute Gasteiger partial charge is 0.0677 e. The molecule has 0 saturated carbocycles. The molecule has 0 fully saturated rings. The Labute approximate surface area is 356 Å². The molecule has 0 N–H and O–H groups in total. The van der Waals surface area contributed by atoms with Gasteiger partial charge in [0.25, 0.3) is 0 Å². The first kappa shape index (κ1) is 35.3. The first-order valence-electron chi connectivity index (χ1n) is 21.4. The van der Waals surface area contributed by atoms with Crippen molar-refractivity contribution in [2.24, 2.45) is 0 Å². The third-order valence-corrected chi connectivity index (χ3v) is 13.1. The molecule has 2 aliphatic carbocycles. The van der Waals surface area contributed by atoms with E-state index in [1.165, 1.54) is 77.1 Å². The second-order valence-corrected chi connectivity index (χ2v) is 16.3. The van der Waals surface area contributed by atoms with Gasteiger partial charge < -0.3 is 9.47 Å². The first-order chi connectivity index (χ1) is 30.3. The Kier molecular flexibility index (Phi) is 8.24. The first-order valence-corrected chi connectivity index (χ1v) is 21.4. The van der Waals surface area contributed by atoms with Crippen LogP contribution in [0.15, 0.2) is 236 Å². The molecule has 12 rings (SSSR count). The van der Waals surface area contributed by atoms with Crippen LogP contribution < -0.4 is 4.90 Å². The van der Waals surface area contributed by atoms with E-state index in [0.717, 1.165) is 35.6 Å². The molecular weight excluding hydrogens is 737 g/mol. The van der Waals surface area contributed by atoms with E-state index in [9.17, 15) is 0 Å². The third-order valence-electron chi connectivity index (χ3n) is 13.1. The maximum absolute atomic E-state index is 2.52. The summed E-state index contributed by atoms with van der Waals surface area (Å²) in [5.41, 5.74) is 16.9. The maximum atomic E-state index is 2.52. The van der Waals surface area contributed by atoms with Crippen LogP contribution in [0, 0.1) is 0 Å². The molecule has 0 amide bonds. The second-order valence-electron chi connectivity index (χ2n) is 16.3. The summed E-state index contributed by atoms with van der Waals surface area (Å²) in [6.07, 6.45) is 8.98. The Morgan fingerprint density at radius 1 is 0.475 bits per heavy atom. The van der Waals surface area contributed by atoms with Crippen molar-refractivity contribution in [1.82, 2.24) is 4.57 Å². The zero-order valence-electron chi connectivity index (χ0n) is 33.7. The molecule has 1 unspecified atom stereocenters. The van der Waals surface area contributed by atoms with E-state index in [0.29, 0.717) is 0 Å². The van der Waals surface area contributed by atoms with E-state index < -0.39 is 5.41 Å². The highest BCUT2D eigenvalue weighted by atomic mass is 15.1. The zero-order chi connectivity index (χ0) is 40.3. The second kappa shape index (κ2) is 14.3. The lowest BCUT2D eigenvalue weighted by Gasteiger charge is -2.37. The van der Waals surface area contributed by atoms with Gasteiger partial charge in [0.1, 0.15) is 0 Å². The molecule has 2 heteroatoms. The molecule has 1 heterocycles. The Balaban J connectivity index is 1.18. The predicted octanol–water partition coefficient (Wildman–Crippen LogP) is 15.7. The number of hydrogen-bond acceptors (Lipinski definition) is 1. The number of anilines is 3. The van der Waals surface area contributed by atoms with Gasteiger partial charge in [0.2, 0.25) is 0 Å². The number of hydrogen-bond donors (Lipinski definition) is 0. The van der Waals surface area contributed by atoms with Gasteiger partial charge in [0, 0.05) is 33.4 Å². The highest BCUT2D eigenvalue weighted by molar-refractivity contribution is 6.12. The van der Waals surface area contributed by atoms with E-state index in [4.69, 9.17) is 0 Å². The van der Waals surface area contributed by atoms with Crippen molar-refractivity contribution < 1.29 is 0 Å². The topological polar surface area (TPSA) is 8.17 Å². The van der Waals surface area contributed by atoms with Crippen molar-refractivity contribution in [2.45, 2.75) is 18.3 Å². The standard InChI is InChI=1S/C59H42N2/c1-5-20-42(21-6-1)58-48-28-14-13-19-41(48)33-37-57(58)60(46-35-38-56-52(39-46)51-30-16-18-32-55(51)61(56)45-26-11-4-12-27-45)47-34-36-50-49-29-15-17-31-53(49)59(54(50)40-47,43-22-7-2-8-23-43)44-24-9-3-10-25-44/h1-9,11-24,26-40H,10,25H2. The van der Waals surface area contributed by atoms with Gasteiger partial charge in [-0.15, -0.1) is 0 Å². The van der Waals surface area contributed by atoms with Crippen LogP contribution in [-0.4, -0.2) is 4.57 Å². The van der Waals surface area contributed by atoms with Gasteiger partial charge in [0.15, 0.2) is 0 Å². The molecule has 0 spiro atoms. The molecule has 288 valence electrons. The quantitative estimate of drug-likeness (QED) is 0.156. The summed E-state index contributed by atoms with van der Waals surface area (Å²) in [4.78, 5) is 2.52. The fraction of sp³-hybridized carbons (Fsp3) is 0.0508. The van der Waals surface area contributed by atoms with E-state index in [1.54, 1.807) is 0 Å². The van der Waals surface area contributed by atoms with Crippen molar-refractivity contribution in [2.75, 3.05) is 4.90 Å². The van der Waals surface area contributed by atoms with Gasteiger partial charge in [-0.1, -0.05) is 182 Å². The highest BCUT2D eigenvalue weighted by Gasteiger charge is 2.47. The monoisotopic (exact) mass is 778 g/mol. The molecule has 9 aromatic carbocycles. The third kappa shape index (κ3) is 5.42. The largest absolute Gasteiger partial charge is 0.310 e. The van der Waals surface area contributed by atoms with Crippen molar-refractivity contribution in [3.05, 3.63) is 253 Å². The van der Waals surface area contributed by atoms with Crippen LogP contribution in [0.2, 0.25) is 0 Å². The minimum absolute atomic E-state index is 0.446. The minimum Gasteiger partial charge on any atom is -0.310 e. The van der Waals surface area contributed by atoms with Gasteiger partial charge in [-0.05, 0) is 112 Å². The summed E-state index contributed by atoms with van der Waals surface area (Å²) in [5, 5.41) is 4.89. The predicted molar refractivity (Wildman–Crippen MR) is 257 cm³/mol. The Hall–Kier alpha value is -7.68. The lowest BCUT2D eigenvalue weighted by molar-refractivity contribution is 0.693. The van der Waals surface area contributed by atoms with Gasteiger partial charge in [-0.3, -0.25) is 0 Å². The number of benzene rings is 9. The van der Waals surface area contributed by atoms with Crippen LogP contribution in [0.5, 0.6) is 0 Å². The van der Waals surface area contributed by atoms with Crippen molar-refractivity contribution in [3.8, 4) is 27.9 Å². The molecule has 1 atom stereocenters. The lowest BCUT2D eigenvalue weighted by Crippen LogP contribution is -2.30. The molecule has 1 aromatic heterocycles. The Morgan fingerprint density at radius 3 is 1.95 bits per heavy atom. The normalized spacial score (nSPS) is 15.5. The van der Waals surface area contributed by atoms with E-state index in [1.807, 2.05) is 0 Å². The van der Waals surface area contributed by atoms with Crippen LogP contribution >= 0.6 is 0 Å².